The van der Waals surface area contributed by atoms with E-state index in [1.165, 1.54) is 12.1 Å². The van der Waals surface area contributed by atoms with E-state index >= 15 is 0 Å². The van der Waals surface area contributed by atoms with Crippen LogP contribution < -0.4 is 5.43 Å². The number of benzene rings is 2. The second kappa shape index (κ2) is 6.86. The van der Waals surface area contributed by atoms with Gasteiger partial charge in [-0.15, -0.1) is 5.10 Å². The zero-order chi connectivity index (χ0) is 21.0. The zero-order valence-corrected chi connectivity index (χ0v) is 16.7. The molecule has 0 saturated carbocycles. The van der Waals surface area contributed by atoms with Gasteiger partial charge in [0.1, 0.15) is 17.5 Å². The molecule has 2 aromatic carbocycles. The molecule has 1 atom stereocenters. The summed E-state index contributed by atoms with van der Waals surface area (Å²) in [5.74, 6) is 0.796. The molecule has 1 unspecified atom stereocenters. The topological polar surface area (TPSA) is 63.6 Å². The van der Waals surface area contributed by atoms with Gasteiger partial charge in [0.2, 0.25) is 0 Å². The number of H-pyrrole nitrogens is 1. The van der Waals surface area contributed by atoms with Crippen LogP contribution in [-0.4, -0.2) is 19.7 Å². The van der Waals surface area contributed by atoms with Gasteiger partial charge in [-0.1, -0.05) is 12.1 Å². The van der Waals surface area contributed by atoms with Crippen LogP contribution in [0.25, 0.3) is 22.4 Å². The maximum atomic E-state index is 14.0. The quantitative estimate of drug-likeness (QED) is 0.536. The van der Waals surface area contributed by atoms with Crippen LogP contribution in [0.15, 0.2) is 41.2 Å². The van der Waals surface area contributed by atoms with Crippen LogP contribution in [0.1, 0.15) is 34.9 Å². The molecule has 0 amide bonds. The molecule has 30 heavy (non-hydrogen) atoms. The average molecular weight is 406 g/mol. The van der Waals surface area contributed by atoms with Crippen molar-refractivity contribution in [2.75, 3.05) is 0 Å². The Morgan fingerprint density at radius 2 is 1.97 bits per heavy atom. The Morgan fingerprint density at radius 3 is 2.77 bits per heavy atom. The lowest BCUT2D eigenvalue weighted by molar-refractivity contribution is 0.422. The number of aryl methyl sites for hydroxylation is 2. The van der Waals surface area contributed by atoms with E-state index in [4.69, 9.17) is 0 Å². The van der Waals surface area contributed by atoms with Crippen molar-refractivity contribution in [2.45, 2.75) is 39.2 Å². The number of halogens is 2. The van der Waals surface area contributed by atoms with E-state index in [0.29, 0.717) is 40.1 Å². The van der Waals surface area contributed by atoms with E-state index in [1.54, 1.807) is 32.0 Å². The molecule has 5 rings (SSSR count). The minimum atomic E-state index is -0.450. The van der Waals surface area contributed by atoms with E-state index in [0.717, 1.165) is 24.2 Å². The molecule has 0 saturated heterocycles. The van der Waals surface area contributed by atoms with Crippen molar-refractivity contribution < 1.29 is 8.78 Å². The van der Waals surface area contributed by atoms with Crippen molar-refractivity contribution in [3.63, 3.8) is 0 Å². The Hall–Kier alpha value is -3.35. The first kappa shape index (κ1) is 18.7. The smallest absolute Gasteiger partial charge is 0.198 e. The lowest BCUT2D eigenvalue weighted by Crippen LogP contribution is -2.20. The van der Waals surface area contributed by atoms with E-state index in [1.807, 2.05) is 10.7 Å². The maximum Gasteiger partial charge on any atom is 0.198 e. The van der Waals surface area contributed by atoms with Crippen molar-refractivity contribution in [3.8, 4) is 11.5 Å². The summed E-state index contributed by atoms with van der Waals surface area (Å²) in [5, 5.41) is 4.94. The SMILES string of the molecule is Cc1ccc(C2CCc3nc(-c4[nH]c5ccc(F)cc5c(=O)c4C)nn3C2)cc1F. The molecular weight excluding hydrogens is 386 g/mol. The number of nitrogens with zero attached hydrogens (tertiary/aromatic N) is 3. The molecule has 152 valence electrons. The number of pyridine rings is 1. The van der Waals surface area contributed by atoms with Gasteiger partial charge in [-0.2, -0.15) is 0 Å². The summed E-state index contributed by atoms with van der Waals surface area (Å²) in [6, 6.07) is 9.48. The highest BCUT2D eigenvalue weighted by atomic mass is 19.1. The fraction of sp³-hybridized carbons (Fsp3) is 0.261. The average Bonchev–Trinajstić information content (AvgIpc) is 3.16. The first-order valence-electron chi connectivity index (χ1n) is 9.93. The van der Waals surface area contributed by atoms with Gasteiger partial charge in [-0.05, 0) is 55.7 Å². The van der Waals surface area contributed by atoms with Gasteiger partial charge in [0.25, 0.3) is 0 Å². The van der Waals surface area contributed by atoms with Crippen LogP contribution in [0, 0.1) is 25.5 Å². The molecule has 0 spiro atoms. The van der Waals surface area contributed by atoms with Crippen LogP contribution >= 0.6 is 0 Å². The molecule has 2 aromatic heterocycles. The van der Waals surface area contributed by atoms with Crippen molar-refractivity contribution in [3.05, 3.63) is 80.8 Å². The Bertz CT molecular complexity index is 1360. The molecule has 1 aliphatic rings. The molecule has 0 radical (unpaired) electrons. The monoisotopic (exact) mass is 406 g/mol. The van der Waals surface area contributed by atoms with Gasteiger partial charge in [0.05, 0.1) is 11.2 Å². The number of hydrogen-bond acceptors (Lipinski definition) is 3. The largest absolute Gasteiger partial charge is 0.351 e. The van der Waals surface area contributed by atoms with Crippen molar-refractivity contribution in [1.29, 1.82) is 0 Å². The van der Waals surface area contributed by atoms with E-state index in [2.05, 4.69) is 15.1 Å². The normalized spacial score (nSPS) is 16.1. The molecule has 7 heteroatoms. The molecule has 0 bridgehead atoms. The second-order valence-electron chi connectivity index (χ2n) is 7.92. The van der Waals surface area contributed by atoms with Gasteiger partial charge < -0.3 is 4.98 Å². The fourth-order valence-electron chi connectivity index (χ4n) is 4.13. The molecule has 1 aliphatic heterocycles. The summed E-state index contributed by atoms with van der Waals surface area (Å²) in [6.45, 7) is 4.05. The zero-order valence-electron chi connectivity index (χ0n) is 16.7. The predicted octanol–water partition coefficient (Wildman–Crippen LogP) is 4.41. The van der Waals surface area contributed by atoms with Crippen LogP contribution in [0.2, 0.25) is 0 Å². The molecule has 0 aliphatic carbocycles. The summed E-state index contributed by atoms with van der Waals surface area (Å²) in [4.78, 5) is 20.6. The van der Waals surface area contributed by atoms with E-state index in [-0.39, 0.29) is 17.2 Å². The molecular formula is C23H20F2N4O. The van der Waals surface area contributed by atoms with Crippen LogP contribution in [-0.2, 0) is 13.0 Å². The third kappa shape index (κ3) is 3.01. The van der Waals surface area contributed by atoms with Crippen molar-refractivity contribution in [1.82, 2.24) is 19.7 Å². The number of aromatic nitrogens is 4. The Balaban J connectivity index is 1.53. The third-order valence-electron chi connectivity index (χ3n) is 5.95. The van der Waals surface area contributed by atoms with E-state index < -0.39 is 5.82 Å². The Labute approximate surface area is 171 Å². The first-order chi connectivity index (χ1) is 14.4. The summed E-state index contributed by atoms with van der Waals surface area (Å²) < 4.78 is 29.4. The molecule has 1 N–H and O–H groups in total. The maximum absolute atomic E-state index is 14.0. The number of hydrogen-bond donors (Lipinski definition) is 1. The van der Waals surface area contributed by atoms with E-state index in [9.17, 15) is 13.6 Å². The van der Waals surface area contributed by atoms with Gasteiger partial charge in [0.15, 0.2) is 11.3 Å². The summed E-state index contributed by atoms with van der Waals surface area (Å²) in [7, 11) is 0. The molecule has 4 aromatic rings. The lowest BCUT2D eigenvalue weighted by atomic mass is 9.91. The lowest BCUT2D eigenvalue weighted by Gasteiger charge is -2.23. The Morgan fingerprint density at radius 1 is 1.13 bits per heavy atom. The second-order valence-corrected chi connectivity index (χ2v) is 7.92. The van der Waals surface area contributed by atoms with Crippen LogP contribution in [0.4, 0.5) is 8.78 Å². The number of fused-ring (bicyclic) bond motifs is 2. The van der Waals surface area contributed by atoms with Crippen LogP contribution in [0.5, 0.6) is 0 Å². The summed E-state index contributed by atoms with van der Waals surface area (Å²) in [5.41, 5.74) is 2.89. The van der Waals surface area contributed by atoms with Gasteiger partial charge in [0, 0.05) is 29.8 Å². The number of aromatic amines is 1. The molecule has 3 heterocycles. The first-order valence-corrected chi connectivity index (χ1v) is 9.93. The highest BCUT2D eigenvalue weighted by molar-refractivity contribution is 5.82. The van der Waals surface area contributed by atoms with Gasteiger partial charge in [-0.3, -0.25) is 4.79 Å². The van der Waals surface area contributed by atoms with Crippen molar-refractivity contribution in [2.24, 2.45) is 0 Å². The molecule has 5 nitrogen and oxygen atoms in total. The minimum absolute atomic E-state index is 0.155. The third-order valence-corrected chi connectivity index (χ3v) is 5.95. The highest BCUT2D eigenvalue weighted by Gasteiger charge is 2.25. The van der Waals surface area contributed by atoms with Gasteiger partial charge in [-0.25, -0.2) is 18.4 Å². The Kier molecular flexibility index (Phi) is 4.27. The molecule has 0 fully saturated rings. The van der Waals surface area contributed by atoms with Gasteiger partial charge >= 0.3 is 0 Å². The highest BCUT2D eigenvalue weighted by Crippen LogP contribution is 2.30. The number of nitrogens with one attached hydrogen (secondary N) is 1. The van der Waals surface area contributed by atoms with Crippen LogP contribution in [0.3, 0.4) is 0 Å². The minimum Gasteiger partial charge on any atom is -0.351 e. The summed E-state index contributed by atoms with van der Waals surface area (Å²) in [6.07, 6.45) is 1.57. The van der Waals surface area contributed by atoms with Crippen molar-refractivity contribution >= 4 is 10.9 Å². The fourth-order valence-corrected chi connectivity index (χ4v) is 4.13. The predicted molar refractivity (Wildman–Crippen MR) is 110 cm³/mol. The summed E-state index contributed by atoms with van der Waals surface area (Å²) >= 11 is 0. The number of rotatable bonds is 2. The standard InChI is InChI=1S/C23H20F2N4O/c1-12-3-4-14(9-18(12)25)15-5-8-20-27-23(28-29(20)11-15)21-13(2)22(30)17-10-16(24)6-7-19(17)26-21/h3-4,6-7,9-10,15H,5,8,11H2,1-2H3,(H,26,30).